The first-order valence-electron chi connectivity index (χ1n) is 10.5. The van der Waals surface area contributed by atoms with Crippen LogP contribution in [0.3, 0.4) is 0 Å². The number of hydrogen-bond acceptors (Lipinski definition) is 2. The molecule has 4 nitrogen and oxygen atoms in total. The molecule has 0 saturated carbocycles. The van der Waals surface area contributed by atoms with Crippen LogP contribution in [0.1, 0.15) is 29.8 Å². The standard InChI is InChI=1S/C24H22Cl3N3O/c25-17-3-1-14(2-4-17)16-10-20(26)19(21(27)11-16)9-15-7-8-30(24(15)31)18-5-6-22-23(12-18)29-13-28-22/h1-4,10-11,13,15,18H,5-9,12H2,(H,28,29). The largest absolute Gasteiger partial charge is 0.348 e. The van der Waals surface area contributed by atoms with E-state index < -0.39 is 0 Å². The number of fused-ring (bicyclic) bond motifs is 1. The van der Waals surface area contributed by atoms with E-state index in [0.717, 1.165) is 60.3 Å². The molecule has 0 radical (unpaired) electrons. The summed E-state index contributed by atoms with van der Waals surface area (Å²) in [6.45, 7) is 0.787. The van der Waals surface area contributed by atoms with Gasteiger partial charge in [-0.05, 0) is 66.6 Å². The van der Waals surface area contributed by atoms with Crippen LogP contribution >= 0.6 is 34.8 Å². The summed E-state index contributed by atoms with van der Waals surface area (Å²) < 4.78 is 0. The molecule has 2 heterocycles. The predicted octanol–water partition coefficient (Wildman–Crippen LogP) is 5.99. The number of halogens is 3. The van der Waals surface area contributed by atoms with Crippen molar-refractivity contribution < 1.29 is 4.79 Å². The van der Waals surface area contributed by atoms with Gasteiger partial charge in [0.1, 0.15) is 0 Å². The Morgan fingerprint density at radius 3 is 2.52 bits per heavy atom. The van der Waals surface area contributed by atoms with Crippen molar-refractivity contribution in [1.29, 1.82) is 0 Å². The van der Waals surface area contributed by atoms with Gasteiger partial charge in [-0.25, -0.2) is 4.98 Å². The molecule has 2 aromatic carbocycles. The molecule has 1 N–H and O–H groups in total. The van der Waals surface area contributed by atoms with E-state index in [2.05, 4.69) is 14.9 Å². The molecule has 3 aromatic rings. The molecule has 7 heteroatoms. The summed E-state index contributed by atoms with van der Waals surface area (Å²) in [5.41, 5.74) is 5.08. The molecule has 2 unspecified atom stereocenters. The number of likely N-dealkylation sites (tertiary alicyclic amines) is 1. The number of amides is 1. The SMILES string of the molecule is O=C1C(Cc2c(Cl)cc(-c3ccc(Cl)cc3)cc2Cl)CCN1C1CCc2nc[nH]c2C1. The molecular weight excluding hydrogens is 453 g/mol. The smallest absolute Gasteiger partial charge is 0.226 e. The Kier molecular flexibility index (Phi) is 5.72. The van der Waals surface area contributed by atoms with Gasteiger partial charge in [-0.15, -0.1) is 0 Å². The zero-order chi connectivity index (χ0) is 21.5. The lowest BCUT2D eigenvalue weighted by Gasteiger charge is -2.31. The minimum absolute atomic E-state index is 0.0838. The highest BCUT2D eigenvalue weighted by molar-refractivity contribution is 6.36. The average Bonchev–Trinajstić information content (AvgIpc) is 3.37. The number of rotatable bonds is 4. The molecule has 1 amide bonds. The van der Waals surface area contributed by atoms with Crippen LogP contribution in [0.2, 0.25) is 15.1 Å². The fraction of sp³-hybridized carbons (Fsp3) is 0.333. The number of H-pyrrole nitrogens is 1. The summed E-state index contributed by atoms with van der Waals surface area (Å²) in [6, 6.07) is 11.7. The first kappa shape index (κ1) is 20.9. The average molecular weight is 475 g/mol. The minimum atomic E-state index is -0.0838. The highest BCUT2D eigenvalue weighted by Gasteiger charge is 2.38. The van der Waals surface area contributed by atoms with Crippen molar-refractivity contribution in [3.63, 3.8) is 0 Å². The van der Waals surface area contributed by atoms with Gasteiger partial charge in [0.25, 0.3) is 0 Å². The number of carbonyl (C=O) groups is 1. The topological polar surface area (TPSA) is 49.0 Å². The van der Waals surface area contributed by atoms with Crippen LogP contribution in [0.4, 0.5) is 0 Å². The number of carbonyl (C=O) groups excluding carboxylic acids is 1. The van der Waals surface area contributed by atoms with Crippen molar-refractivity contribution in [2.24, 2.45) is 5.92 Å². The molecule has 2 atom stereocenters. The summed E-state index contributed by atoms with van der Waals surface area (Å²) in [4.78, 5) is 22.8. The van der Waals surface area contributed by atoms with Crippen molar-refractivity contribution in [3.05, 3.63) is 74.7 Å². The van der Waals surface area contributed by atoms with E-state index in [-0.39, 0.29) is 17.9 Å². The Hall–Kier alpha value is -2.01. The van der Waals surface area contributed by atoms with Gasteiger partial charge in [0.05, 0.1) is 12.0 Å². The highest BCUT2D eigenvalue weighted by Crippen LogP contribution is 2.36. The van der Waals surface area contributed by atoms with Gasteiger partial charge < -0.3 is 9.88 Å². The van der Waals surface area contributed by atoms with Gasteiger partial charge in [0.2, 0.25) is 5.91 Å². The number of aryl methyl sites for hydroxylation is 1. The Bertz CT molecular complexity index is 1100. The predicted molar refractivity (Wildman–Crippen MR) is 125 cm³/mol. The van der Waals surface area contributed by atoms with Crippen molar-refractivity contribution >= 4 is 40.7 Å². The van der Waals surface area contributed by atoms with Gasteiger partial charge in [0.15, 0.2) is 0 Å². The molecule has 5 rings (SSSR count). The Morgan fingerprint density at radius 1 is 1.03 bits per heavy atom. The third-order valence-electron chi connectivity index (χ3n) is 6.52. The van der Waals surface area contributed by atoms with Crippen molar-refractivity contribution in [2.45, 2.75) is 38.1 Å². The highest BCUT2D eigenvalue weighted by atomic mass is 35.5. The monoisotopic (exact) mass is 473 g/mol. The molecule has 0 spiro atoms. The van der Waals surface area contributed by atoms with Crippen LogP contribution in [0.5, 0.6) is 0 Å². The van der Waals surface area contributed by atoms with Crippen LogP contribution in [-0.2, 0) is 24.1 Å². The molecule has 0 bridgehead atoms. The maximum atomic E-state index is 13.2. The number of hydrogen-bond donors (Lipinski definition) is 1. The van der Waals surface area contributed by atoms with E-state index in [1.807, 2.05) is 36.4 Å². The second-order valence-electron chi connectivity index (χ2n) is 8.37. The van der Waals surface area contributed by atoms with E-state index in [1.54, 1.807) is 6.33 Å². The second-order valence-corrected chi connectivity index (χ2v) is 9.62. The summed E-state index contributed by atoms with van der Waals surface area (Å²) in [7, 11) is 0. The molecule has 2 aliphatic rings. The molecule has 1 fully saturated rings. The van der Waals surface area contributed by atoms with Gasteiger partial charge in [-0.2, -0.15) is 0 Å². The van der Waals surface area contributed by atoms with Crippen molar-refractivity contribution in [3.8, 4) is 11.1 Å². The quantitative estimate of drug-likeness (QED) is 0.505. The summed E-state index contributed by atoms with van der Waals surface area (Å²) in [5, 5.41) is 1.88. The number of aromatic nitrogens is 2. The number of imidazole rings is 1. The van der Waals surface area contributed by atoms with E-state index >= 15 is 0 Å². The van der Waals surface area contributed by atoms with E-state index in [9.17, 15) is 4.79 Å². The number of benzene rings is 2. The fourth-order valence-electron chi connectivity index (χ4n) is 4.82. The van der Waals surface area contributed by atoms with Crippen LogP contribution in [0.15, 0.2) is 42.7 Å². The minimum Gasteiger partial charge on any atom is -0.348 e. The van der Waals surface area contributed by atoms with E-state index in [0.29, 0.717) is 21.5 Å². The van der Waals surface area contributed by atoms with E-state index in [4.69, 9.17) is 34.8 Å². The number of aromatic amines is 1. The van der Waals surface area contributed by atoms with Gasteiger partial charge >= 0.3 is 0 Å². The Morgan fingerprint density at radius 2 is 1.77 bits per heavy atom. The van der Waals surface area contributed by atoms with Crippen molar-refractivity contribution in [2.75, 3.05) is 6.54 Å². The lowest BCUT2D eigenvalue weighted by atomic mass is 9.94. The molecule has 1 aliphatic heterocycles. The number of nitrogens with one attached hydrogen (secondary N) is 1. The molecule has 1 aliphatic carbocycles. The maximum Gasteiger partial charge on any atom is 0.226 e. The Labute approximate surface area is 196 Å². The van der Waals surface area contributed by atoms with Crippen LogP contribution in [0.25, 0.3) is 11.1 Å². The fourth-order valence-corrected chi connectivity index (χ4v) is 5.58. The molecule has 160 valence electrons. The molecule has 1 aromatic heterocycles. The van der Waals surface area contributed by atoms with Crippen LogP contribution < -0.4 is 0 Å². The Balaban J connectivity index is 1.31. The van der Waals surface area contributed by atoms with Crippen LogP contribution in [0, 0.1) is 5.92 Å². The third kappa shape index (κ3) is 4.09. The lowest BCUT2D eigenvalue weighted by molar-refractivity contribution is -0.133. The van der Waals surface area contributed by atoms with Crippen LogP contribution in [-0.4, -0.2) is 33.4 Å². The lowest BCUT2D eigenvalue weighted by Crippen LogP contribution is -2.41. The zero-order valence-electron chi connectivity index (χ0n) is 16.9. The van der Waals surface area contributed by atoms with E-state index in [1.165, 1.54) is 0 Å². The molecule has 1 saturated heterocycles. The summed E-state index contributed by atoms with van der Waals surface area (Å²) in [6.07, 6.45) is 5.88. The zero-order valence-corrected chi connectivity index (χ0v) is 19.1. The maximum absolute atomic E-state index is 13.2. The molecular formula is C24H22Cl3N3O. The third-order valence-corrected chi connectivity index (χ3v) is 7.45. The summed E-state index contributed by atoms with van der Waals surface area (Å²) in [5.74, 6) is 0.126. The molecule has 31 heavy (non-hydrogen) atoms. The van der Waals surface area contributed by atoms with Crippen molar-refractivity contribution in [1.82, 2.24) is 14.9 Å². The second kappa shape index (κ2) is 8.50. The summed E-state index contributed by atoms with van der Waals surface area (Å²) >= 11 is 19.2. The first-order valence-corrected chi connectivity index (χ1v) is 11.7. The first-order chi connectivity index (χ1) is 15.0. The van der Waals surface area contributed by atoms with Gasteiger partial charge in [-0.3, -0.25) is 4.79 Å². The number of nitrogens with zero attached hydrogens (tertiary/aromatic N) is 2. The van der Waals surface area contributed by atoms with Gasteiger partial charge in [-0.1, -0.05) is 46.9 Å². The normalized spacial score (nSPS) is 20.9. The van der Waals surface area contributed by atoms with Gasteiger partial charge in [0, 0.05) is 45.7 Å².